The summed E-state index contributed by atoms with van der Waals surface area (Å²) in [6.07, 6.45) is 6.83. The van der Waals surface area contributed by atoms with Gasteiger partial charge in [-0.15, -0.1) is 0 Å². The first-order chi connectivity index (χ1) is 9.66. The Labute approximate surface area is 128 Å². The molecule has 1 unspecified atom stereocenters. The predicted octanol–water partition coefficient (Wildman–Crippen LogP) is 4.30. The highest BCUT2D eigenvalue weighted by molar-refractivity contribution is 9.09. The van der Waals surface area contributed by atoms with Crippen molar-refractivity contribution in [3.8, 4) is 0 Å². The molecule has 1 aromatic rings. The van der Waals surface area contributed by atoms with Crippen molar-refractivity contribution >= 4 is 33.3 Å². The summed E-state index contributed by atoms with van der Waals surface area (Å²) in [6, 6.07) is 7.21. The van der Waals surface area contributed by atoms with E-state index in [-0.39, 0.29) is 4.95 Å². The van der Waals surface area contributed by atoms with Gasteiger partial charge in [0.1, 0.15) is 0 Å². The molecule has 1 atom stereocenters. The highest BCUT2D eigenvalue weighted by Gasteiger charge is 2.38. The Bertz CT molecular complexity index is 501. The third kappa shape index (κ3) is 3.11. The molecule has 1 amide bonds. The number of rotatable bonds is 7. The molecule has 1 heterocycles. The second-order valence-corrected chi connectivity index (χ2v) is 6.22. The van der Waals surface area contributed by atoms with Crippen LogP contribution in [-0.2, 0) is 4.79 Å². The number of carbonyl (C=O) groups is 2. The van der Waals surface area contributed by atoms with Gasteiger partial charge in [0, 0.05) is 0 Å². The van der Waals surface area contributed by atoms with Gasteiger partial charge in [0.2, 0.25) is 0 Å². The summed E-state index contributed by atoms with van der Waals surface area (Å²) in [4.78, 5) is 25.5. The Kier molecular flexibility index (Phi) is 5.35. The van der Waals surface area contributed by atoms with Crippen LogP contribution in [0.4, 0.5) is 5.69 Å². The van der Waals surface area contributed by atoms with Crippen molar-refractivity contribution in [3.05, 3.63) is 29.8 Å². The number of Topliss-reactive ketones (excluding diaryl/α,β-unsaturated/α-hetero) is 1. The fourth-order valence-electron chi connectivity index (χ4n) is 2.53. The minimum absolute atomic E-state index is 0.0933. The van der Waals surface area contributed by atoms with E-state index < -0.39 is 11.7 Å². The molecule has 1 aromatic carbocycles. The van der Waals surface area contributed by atoms with Gasteiger partial charge in [-0.2, -0.15) is 0 Å². The normalized spacial score (nSPS) is 15.6. The number of alkyl halides is 1. The number of halogens is 1. The van der Waals surface area contributed by atoms with Crippen LogP contribution >= 0.6 is 15.9 Å². The largest absolute Gasteiger partial charge is 0.300 e. The standard InChI is InChI=1S/C16H20BrNO2/c1-2-3-4-5-6-11-14(17)18-13-10-8-7-9-12(13)15(19)16(18)20/h7-10,14H,2-6,11H2,1H3. The molecule has 0 N–H and O–H groups in total. The molecule has 4 heteroatoms. The van der Waals surface area contributed by atoms with Gasteiger partial charge in [-0.3, -0.25) is 14.5 Å². The van der Waals surface area contributed by atoms with Gasteiger partial charge >= 0.3 is 0 Å². The minimum Gasteiger partial charge on any atom is -0.292 e. The fourth-order valence-corrected chi connectivity index (χ4v) is 3.26. The number of hydrogen-bond donors (Lipinski definition) is 0. The lowest BCUT2D eigenvalue weighted by Crippen LogP contribution is -2.35. The minimum atomic E-state index is -0.415. The molecule has 2 rings (SSSR count). The molecular weight excluding hydrogens is 318 g/mol. The molecule has 0 aliphatic carbocycles. The summed E-state index contributed by atoms with van der Waals surface area (Å²) in [5.74, 6) is -0.808. The van der Waals surface area contributed by atoms with Gasteiger partial charge in [0.25, 0.3) is 11.7 Å². The number of unbranched alkanes of at least 4 members (excludes halogenated alkanes) is 4. The second-order valence-electron chi connectivity index (χ2n) is 5.16. The third-order valence-electron chi connectivity index (χ3n) is 3.65. The Morgan fingerprint density at radius 1 is 1.10 bits per heavy atom. The van der Waals surface area contributed by atoms with E-state index in [9.17, 15) is 9.59 Å². The lowest BCUT2D eigenvalue weighted by atomic mass is 10.1. The number of hydrogen-bond acceptors (Lipinski definition) is 2. The van der Waals surface area contributed by atoms with Crippen LogP contribution in [-0.4, -0.2) is 16.6 Å². The average molecular weight is 338 g/mol. The van der Waals surface area contributed by atoms with Crippen LogP contribution in [0.3, 0.4) is 0 Å². The molecular formula is C16H20BrNO2. The number of nitrogens with zero attached hydrogens (tertiary/aromatic N) is 1. The van der Waals surface area contributed by atoms with Crippen LogP contribution in [0.1, 0.15) is 55.8 Å². The maximum atomic E-state index is 12.1. The molecule has 0 spiro atoms. The van der Waals surface area contributed by atoms with Crippen molar-refractivity contribution in [2.24, 2.45) is 0 Å². The Morgan fingerprint density at radius 3 is 2.55 bits per heavy atom. The van der Waals surface area contributed by atoms with Crippen LogP contribution < -0.4 is 4.90 Å². The first kappa shape index (κ1) is 15.2. The van der Waals surface area contributed by atoms with Gasteiger partial charge in [0.15, 0.2) is 0 Å². The van der Waals surface area contributed by atoms with Crippen molar-refractivity contribution in [1.82, 2.24) is 0 Å². The van der Waals surface area contributed by atoms with E-state index in [0.717, 1.165) is 18.5 Å². The molecule has 0 saturated carbocycles. The fraction of sp³-hybridized carbons (Fsp3) is 0.500. The smallest absolute Gasteiger partial charge is 0.292 e. The van der Waals surface area contributed by atoms with Gasteiger partial charge in [-0.25, -0.2) is 0 Å². The molecule has 3 nitrogen and oxygen atoms in total. The van der Waals surface area contributed by atoms with Gasteiger partial charge in [-0.1, -0.05) is 67.1 Å². The summed E-state index contributed by atoms with van der Waals surface area (Å²) in [7, 11) is 0. The van der Waals surface area contributed by atoms with E-state index in [1.807, 2.05) is 12.1 Å². The molecule has 0 fully saturated rings. The molecule has 0 bridgehead atoms. The Balaban J connectivity index is 1.98. The molecule has 20 heavy (non-hydrogen) atoms. The lowest BCUT2D eigenvalue weighted by molar-refractivity contribution is -0.114. The van der Waals surface area contributed by atoms with E-state index in [4.69, 9.17) is 0 Å². The van der Waals surface area contributed by atoms with E-state index >= 15 is 0 Å². The molecule has 0 aromatic heterocycles. The van der Waals surface area contributed by atoms with Crippen LogP contribution in [0.5, 0.6) is 0 Å². The van der Waals surface area contributed by atoms with E-state index in [1.54, 1.807) is 17.0 Å². The second kappa shape index (κ2) is 7.02. The SMILES string of the molecule is CCCCCCCC(Br)N1C(=O)C(=O)c2ccccc21. The summed E-state index contributed by atoms with van der Waals surface area (Å²) < 4.78 is 0. The number of ketones is 1. The molecule has 0 saturated heterocycles. The summed E-state index contributed by atoms with van der Waals surface area (Å²) in [5.41, 5.74) is 1.26. The molecule has 1 aliphatic heterocycles. The predicted molar refractivity (Wildman–Crippen MR) is 84.3 cm³/mol. The van der Waals surface area contributed by atoms with Crippen molar-refractivity contribution in [2.45, 2.75) is 50.4 Å². The van der Waals surface area contributed by atoms with Crippen LogP contribution in [0.15, 0.2) is 24.3 Å². The van der Waals surface area contributed by atoms with Gasteiger partial charge in [-0.05, 0) is 18.6 Å². The number of para-hydroxylation sites is 1. The van der Waals surface area contributed by atoms with Gasteiger partial charge in [0.05, 0.1) is 16.2 Å². The van der Waals surface area contributed by atoms with Crippen LogP contribution in [0, 0.1) is 0 Å². The van der Waals surface area contributed by atoms with E-state index in [0.29, 0.717) is 5.56 Å². The Hall–Kier alpha value is -1.16. The summed E-state index contributed by atoms with van der Waals surface area (Å²) in [5, 5.41) is 0. The number of fused-ring (bicyclic) bond motifs is 1. The zero-order valence-corrected chi connectivity index (χ0v) is 13.4. The first-order valence-electron chi connectivity index (χ1n) is 7.27. The Morgan fingerprint density at radius 2 is 1.80 bits per heavy atom. The highest BCUT2D eigenvalue weighted by Crippen LogP contribution is 2.33. The van der Waals surface area contributed by atoms with E-state index in [2.05, 4.69) is 22.9 Å². The summed E-state index contributed by atoms with van der Waals surface area (Å²) in [6.45, 7) is 2.19. The van der Waals surface area contributed by atoms with Crippen molar-refractivity contribution in [2.75, 3.05) is 4.90 Å². The maximum Gasteiger partial charge on any atom is 0.300 e. The maximum absolute atomic E-state index is 12.1. The zero-order chi connectivity index (χ0) is 14.5. The van der Waals surface area contributed by atoms with Crippen molar-refractivity contribution < 1.29 is 9.59 Å². The third-order valence-corrected chi connectivity index (χ3v) is 4.51. The number of anilines is 1. The quantitative estimate of drug-likeness (QED) is 0.322. The molecule has 1 aliphatic rings. The van der Waals surface area contributed by atoms with Gasteiger partial charge < -0.3 is 0 Å². The lowest BCUT2D eigenvalue weighted by Gasteiger charge is -2.23. The monoisotopic (exact) mass is 337 g/mol. The number of benzene rings is 1. The van der Waals surface area contributed by atoms with E-state index in [1.165, 1.54) is 25.7 Å². The number of amides is 1. The topological polar surface area (TPSA) is 37.4 Å². The summed E-state index contributed by atoms with van der Waals surface area (Å²) >= 11 is 3.56. The van der Waals surface area contributed by atoms with Crippen LogP contribution in [0.2, 0.25) is 0 Å². The number of carbonyl (C=O) groups excluding carboxylic acids is 2. The first-order valence-corrected chi connectivity index (χ1v) is 8.19. The van der Waals surface area contributed by atoms with Crippen molar-refractivity contribution in [1.29, 1.82) is 0 Å². The molecule has 108 valence electrons. The average Bonchev–Trinajstić information content (AvgIpc) is 2.71. The highest BCUT2D eigenvalue weighted by atomic mass is 79.9. The zero-order valence-electron chi connectivity index (χ0n) is 11.8. The van der Waals surface area contributed by atoms with Crippen LogP contribution in [0.25, 0.3) is 0 Å². The molecule has 0 radical (unpaired) electrons. The van der Waals surface area contributed by atoms with Crippen molar-refractivity contribution in [3.63, 3.8) is 0 Å².